The van der Waals surface area contributed by atoms with E-state index in [1.54, 1.807) is 0 Å². The van der Waals surface area contributed by atoms with Crippen molar-refractivity contribution in [3.63, 3.8) is 0 Å². The van der Waals surface area contributed by atoms with Crippen molar-refractivity contribution in [1.29, 1.82) is 0 Å². The van der Waals surface area contributed by atoms with E-state index in [2.05, 4.69) is 12.2 Å². The Hall–Kier alpha value is -0.0800. The Bertz CT molecular complexity index is 244. The van der Waals surface area contributed by atoms with Gasteiger partial charge in [0.1, 0.15) is 0 Å². The van der Waals surface area contributed by atoms with Crippen LogP contribution in [0.2, 0.25) is 0 Å². The molecular formula is C19H37NO. The Morgan fingerprint density at radius 3 is 1.95 bits per heavy atom. The van der Waals surface area contributed by atoms with Gasteiger partial charge in [0.2, 0.25) is 0 Å². The van der Waals surface area contributed by atoms with Gasteiger partial charge in [-0.2, -0.15) is 0 Å². The molecule has 0 aromatic rings. The SMILES string of the molecule is CCC1OCCC1CNC1CCCCCCCCCCC1. The third-order valence-corrected chi connectivity index (χ3v) is 5.52. The molecular weight excluding hydrogens is 258 g/mol. The smallest absolute Gasteiger partial charge is 0.0613 e. The molecule has 2 fully saturated rings. The van der Waals surface area contributed by atoms with E-state index in [0.29, 0.717) is 6.10 Å². The maximum Gasteiger partial charge on any atom is 0.0613 e. The molecule has 0 radical (unpaired) electrons. The van der Waals surface area contributed by atoms with Gasteiger partial charge < -0.3 is 10.1 Å². The van der Waals surface area contributed by atoms with Gasteiger partial charge in [-0.05, 0) is 31.6 Å². The zero-order valence-corrected chi connectivity index (χ0v) is 14.2. The molecule has 0 amide bonds. The van der Waals surface area contributed by atoms with E-state index in [1.807, 2.05) is 0 Å². The Morgan fingerprint density at radius 2 is 1.38 bits per heavy atom. The van der Waals surface area contributed by atoms with Crippen molar-refractivity contribution in [3.05, 3.63) is 0 Å². The van der Waals surface area contributed by atoms with E-state index in [1.165, 1.54) is 90.0 Å². The zero-order chi connectivity index (χ0) is 14.8. The summed E-state index contributed by atoms with van der Waals surface area (Å²) in [6.07, 6.45) is 18.8. The molecule has 1 heterocycles. The van der Waals surface area contributed by atoms with Crippen LogP contribution in [0.15, 0.2) is 0 Å². The molecule has 2 rings (SSSR count). The van der Waals surface area contributed by atoms with Crippen LogP contribution >= 0.6 is 0 Å². The molecule has 124 valence electrons. The molecule has 21 heavy (non-hydrogen) atoms. The largest absolute Gasteiger partial charge is 0.378 e. The van der Waals surface area contributed by atoms with Gasteiger partial charge in [-0.25, -0.2) is 0 Å². The highest BCUT2D eigenvalue weighted by Crippen LogP contribution is 2.23. The van der Waals surface area contributed by atoms with Gasteiger partial charge in [0.15, 0.2) is 0 Å². The van der Waals surface area contributed by atoms with Crippen LogP contribution < -0.4 is 5.32 Å². The summed E-state index contributed by atoms with van der Waals surface area (Å²) < 4.78 is 5.83. The summed E-state index contributed by atoms with van der Waals surface area (Å²) in [5.74, 6) is 0.761. The molecule has 0 bridgehead atoms. The first kappa shape index (κ1) is 17.3. The van der Waals surface area contributed by atoms with Crippen LogP contribution in [0.1, 0.15) is 90.4 Å². The second-order valence-electron chi connectivity index (χ2n) is 7.23. The summed E-state index contributed by atoms with van der Waals surface area (Å²) >= 11 is 0. The highest BCUT2D eigenvalue weighted by atomic mass is 16.5. The number of ether oxygens (including phenoxy) is 1. The lowest BCUT2D eigenvalue weighted by atomic mass is 9.96. The number of hydrogen-bond acceptors (Lipinski definition) is 2. The van der Waals surface area contributed by atoms with Crippen molar-refractivity contribution in [1.82, 2.24) is 5.32 Å². The third-order valence-electron chi connectivity index (χ3n) is 5.52. The molecule has 1 aliphatic heterocycles. The highest BCUT2D eigenvalue weighted by Gasteiger charge is 2.26. The van der Waals surface area contributed by atoms with Gasteiger partial charge in [-0.3, -0.25) is 0 Å². The van der Waals surface area contributed by atoms with Crippen LogP contribution in [0.3, 0.4) is 0 Å². The highest BCUT2D eigenvalue weighted by molar-refractivity contribution is 4.79. The van der Waals surface area contributed by atoms with E-state index in [9.17, 15) is 0 Å². The first-order valence-electron chi connectivity index (χ1n) is 9.75. The molecule has 2 unspecified atom stereocenters. The Kier molecular flexibility index (Phi) is 8.73. The fraction of sp³-hybridized carbons (Fsp3) is 1.00. The molecule has 2 aliphatic rings. The quantitative estimate of drug-likeness (QED) is 0.782. The average Bonchev–Trinajstić information content (AvgIpc) is 2.94. The predicted molar refractivity (Wildman–Crippen MR) is 90.7 cm³/mol. The van der Waals surface area contributed by atoms with E-state index in [4.69, 9.17) is 4.74 Å². The fourth-order valence-corrected chi connectivity index (χ4v) is 4.06. The molecule has 0 spiro atoms. The number of rotatable bonds is 4. The standard InChI is InChI=1S/C19H37NO/c1-2-19-17(14-15-21-19)16-20-18-12-10-8-6-4-3-5-7-9-11-13-18/h17-20H,2-16H2,1H3. The lowest BCUT2D eigenvalue weighted by molar-refractivity contribution is 0.0863. The molecule has 0 aromatic heterocycles. The first-order chi connectivity index (χ1) is 10.4. The Morgan fingerprint density at radius 1 is 0.810 bits per heavy atom. The topological polar surface area (TPSA) is 21.3 Å². The van der Waals surface area contributed by atoms with Crippen molar-refractivity contribution in [2.45, 2.75) is 103 Å². The van der Waals surface area contributed by atoms with Crippen LogP contribution in [0.5, 0.6) is 0 Å². The average molecular weight is 296 g/mol. The van der Waals surface area contributed by atoms with Crippen LogP contribution in [-0.4, -0.2) is 25.3 Å². The summed E-state index contributed by atoms with van der Waals surface area (Å²) in [7, 11) is 0. The minimum absolute atomic E-state index is 0.517. The fourth-order valence-electron chi connectivity index (χ4n) is 4.06. The van der Waals surface area contributed by atoms with Crippen LogP contribution in [0.25, 0.3) is 0 Å². The normalized spacial score (nSPS) is 30.7. The van der Waals surface area contributed by atoms with E-state index >= 15 is 0 Å². The molecule has 1 aliphatic carbocycles. The minimum Gasteiger partial charge on any atom is -0.378 e. The van der Waals surface area contributed by atoms with Gasteiger partial charge in [0.05, 0.1) is 6.10 Å². The lowest BCUT2D eigenvalue weighted by Crippen LogP contribution is -2.36. The molecule has 2 nitrogen and oxygen atoms in total. The number of nitrogens with one attached hydrogen (secondary N) is 1. The van der Waals surface area contributed by atoms with Crippen LogP contribution in [0.4, 0.5) is 0 Å². The van der Waals surface area contributed by atoms with Crippen molar-refractivity contribution in [2.24, 2.45) is 5.92 Å². The van der Waals surface area contributed by atoms with E-state index < -0.39 is 0 Å². The van der Waals surface area contributed by atoms with E-state index in [-0.39, 0.29) is 0 Å². The second kappa shape index (κ2) is 10.6. The molecule has 2 atom stereocenters. The number of hydrogen-bond donors (Lipinski definition) is 1. The zero-order valence-electron chi connectivity index (χ0n) is 14.2. The third kappa shape index (κ3) is 6.69. The maximum atomic E-state index is 5.83. The summed E-state index contributed by atoms with van der Waals surface area (Å²) in [6.45, 7) is 4.43. The molecule has 1 saturated heterocycles. The van der Waals surface area contributed by atoms with Crippen molar-refractivity contribution < 1.29 is 4.74 Å². The second-order valence-corrected chi connectivity index (χ2v) is 7.23. The minimum atomic E-state index is 0.517. The van der Waals surface area contributed by atoms with E-state index in [0.717, 1.165) is 18.6 Å². The van der Waals surface area contributed by atoms with Gasteiger partial charge in [-0.15, -0.1) is 0 Å². The Labute approximate surface area is 132 Å². The lowest BCUT2D eigenvalue weighted by Gasteiger charge is -2.23. The molecule has 0 aromatic carbocycles. The van der Waals surface area contributed by atoms with Crippen LogP contribution in [0, 0.1) is 5.92 Å². The predicted octanol–water partition coefficient (Wildman–Crippen LogP) is 5.06. The summed E-state index contributed by atoms with van der Waals surface area (Å²) in [5, 5.41) is 3.90. The maximum absolute atomic E-state index is 5.83. The van der Waals surface area contributed by atoms with Gasteiger partial charge in [-0.1, -0.05) is 64.7 Å². The summed E-state index contributed by atoms with van der Waals surface area (Å²) in [4.78, 5) is 0. The van der Waals surface area contributed by atoms with Crippen LogP contribution in [-0.2, 0) is 4.74 Å². The molecule has 1 N–H and O–H groups in total. The van der Waals surface area contributed by atoms with Gasteiger partial charge in [0.25, 0.3) is 0 Å². The van der Waals surface area contributed by atoms with Gasteiger partial charge >= 0.3 is 0 Å². The summed E-state index contributed by atoms with van der Waals surface area (Å²) in [6, 6.07) is 0.766. The monoisotopic (exact) mass is 295 g/mol. The molecule has 1 saturated carbocycles. The summed E-state index contributed by atoms with van der Waals surface area (Å²) in [5.41, 5.74) is 0. The first-order valence-corrected chi connectivity index (χ1v) is 9.75. The Balaban J connectivity index is 1.70. The molecule has 2 heteroatoms. The van der Waals surface area contributed by atoms with Crippen molar-refractivity contribution in [2.75, 3.05) is 13.2 Å². The van der Waals surface area contributed by atoms with Crippen molar-refractivity contribution in [3.8, 4) is 0 Å². The van der Waals surface area contributed by atoms with Gasteiger partial charge in [0, 0.05) is 19.2 Å². The van der Waals surface area contributed by atoms with Crippen molar-refractivity contribution >= 4 is 0 Å².